The van der Waals surface area contributed by atoms with E-state index >= 15 is 0 Å². The van der Waals surface area contributed by atoms with Crippen molar-refractivity contribution in [2.75, 3.05) is 12.8 Å². The maximum atomic E-state index is 9.66. The molecule has 1 aromatic heterocycles. The maximum absolute atomic E-state index is 9.66. The summed E-state index contributed by atoms with van der Waals surface area (Å²) < 4.78 is 11.4. The van der Waals surface area contributed by atoms with E-state index in [0.29, 0.717) is 12.2 Å². The molecule has 0 amide bonds. The van der Waals surface area contributed by atoms with E-state index in [2.05, 4.69) is 23.2 Å². The first-order chi connectivity index (χ1) is 11.6. The van der Waals surface area contributed by atoms with E-state index in [1.54, 1.807) is 7.11 Å². The van der Waals surface area contributed by atoms with Crippen LogP contribution in [0.2, 0.25) is 0 Å². The number of methoxy groups -OCH3 is 1. The van der Waals surface area contributed by atoms with Gasteiger partial charge in [0.05, 0.1) is 25.5 Å². The van der Waals surface area contributed by atoms with Crippen LogP contribution in [-0.4, -0.2) is 12.1 Å². The Morgan fingerprint density at radius 3 is 2.79 bits per heavy atom. The molecular formula is C19H19N3O2. The van der Waals surface area contributed by atoms with Gasteiger partial charge >= 0.3 is 0 Å². The normalized spacial score (nSPS) is 18.1. The van der Waals surface area contributed by atoms with Gasteiger partial charge in [-0.15, -0.1) is 0 Å². The molecule has 2 N–H and O–H groups in total. The Morgan fingerprint density at radius 1 is 1.33 bits per heavy atom. The number of ether oxygens (including phenoxy) is 2. The SMILES string of the molecule is COc1cc2c(cc1-c1c(C#N)c(N)nc3c1COC3C)CCC2. The lowest BCUT2D eigenvalue weighted by atomic mass is 9.91. The van der Waals surface area contributed by atoms with E-state index in [-0.39, 0.29) is 11.9 Å². The average Bonchev–Trinajstić information content (AvgIpc) is 3.19. The summed E-state index contributed by atoms with van der Waals surface area (Å²) in [4.78, 5) is 4.41. The van der Waals surface area contributed by atoms with E-state index in [4.69, 9.17) is 15.2 Å². The smallest absolute Gasteiger partial charge is 0.142 e. The molecule has 0 spiro atoms. The largest absolute Gasteiger partial charge is 0.496 e. The zero-order chi connectivity index (χ0) is 16.8. The summed E-state index contributed by atoms with van der Waals surface area (Å²) in [6.45, 7) is 2.39. The third kappa shape index (κ3) is 2.07. The fourth-order valence-corrected chi connectivity index (χ4v) is 3.81. The maximum Gasteiger partial charge on any atom is 0.142 e. The van der Waals surface area contributed by atoms with Crippen LogP contribution in [0.1, 0.15) is 47.4 Å². The van der Waals surface area contributed by atoms with Gasteiger partial charge in [0.15, 0.2) is 0 Å². The summed E-state index contributed by atoms with van der Waals surface area (Å²) in [5, 5.41) is 9.66. The second-order valence-electron chi connectivity index (χ2n) is 6.35. The minimum Gasteiger partial charge on any atom is -0.496 e. The van der Waals surface area contributed by atoms with Crippen molar-refractivity contribution >= 4 is 5.82 Å². The van der Waals surface area contributed by atoms with Crippen LogP contribution in [0.5, 0.6) is 5.75 Å². The molecule has 24 heavy (non-hydrogen) atoms. The Bertz CT molecular complexity index is 883. The number of benzene rings is 1. The number of rotatable bonds is 2. The molecule has 5 heteroatoms. The van der Waals surface area contributed by atoms with Crippen LogP contribution in [-0.2, 0) is 24.2 Å². The lowest BCUT2D eigenvalue weighted by molar-refractivity contribution is 0.0780. The lowest BCUT2D eigenvalue weighted by Crippen LogP contribution is -2.05. The number of hydrogen-bond acceptors (Lipinski definition) is 5. The van der Waals surface area contributed by atoms with Crippen molar-refractivity contribution in [3.05, 3.63) is 40.1 Å². The standard InChI is InChI=1S/C19H19N3O2/c1-10-18-15(9-24-10)17(14(8-20)19(21)22-18)13-6-11-4-3-5-12(11)7-16(13)23-2/h6-7,10H,3-5,9H2,1-2H3,(H2,21,22). The average molecular weight is 321 g/mol. The molecular weight excluding hydrogens is 302 g/mol. The van der Waals surface area contributed by atoms with Crippen molar-refractivity contribution in [3.8, 4) is 22.9 Å². The quantitative estimate of drug-likeness (QED) is 0.918. The topological polar surface area (TPSA) is 81.2 Å². The summed E-state index contributed by atoms with van der Waals surface area (Å²) in [6, 6.07) is 6.48. The van der Waals surface area contributed by atoms with Crippen molar-refractivity contribution < 1.29 is 9.47 Å². The third-order valence-corrected chi connectivity index (χ3v) is 5.02. The highest BCUT2D eigenvalue weighted by molar-refractivity contribution is 5.83. The van der Waals surface area contributed by atoms with Crippen LogP contribution in [0.25, 0.3) is 11.1 Å². The van der Waals surface area contributed by atoms with Gasteiger partial charge in [-0.05, 0) is 49.4 Å². The number of aromatic nitrogens is 1. The van der Waals surface area contributed by atoms with Gasteiger partial charge in [0.1, 0.15) is 23.2 Å². The second kappa shape index (κ2) is 5.50. The number of fused-ring (bicyclic) bond motifs is 2. The van der Waals surface area contributed by atoms with Crippen molar-refractivity contribution in [3.63, 3.8) is 0 Å². The molecule has 0 saturated carbocycles. The van der Waals surface area contributed by atoms with Crippen LogP contribution in [0.3, 0.4) is 0 Å². The number of aryl methyl sites for hydroxylation is 2. The summed E-state index contributed by atoms with van der Waals surface area (Å²) >= 11 is 0. The molecule has 122 valence electrons. The van der Waals surface area contributed by atoms with E-state index in [1.807, 2.05) is 6.92 Å². The molecule has 1 atom stereocenters. The van der Waals surface area contributed by atoms with E-state index in [0.717, 1.165) is 47.4 Å². The Balaban J connectivity index is 2.04. The molecule has 2 aliphatic rings. The molecule has 1 aliphatic carbocycles. The fraction of sp³-hybridized carbons (Fsp3) is 0.368. The Labute approximate surface area is 141 Å². The molecule has 1 unspecified atom stereocenters. The first-order valence-electron chi connectivity index (χ1n) is 8.18. The molecule has 0 fully saturated rings. The summed E-state index contributed by atoms with van der Waals surface area (Å²) in [5.41, 5.74) is 12.6. The summed E-state index contributed by atoms with van der Waals surface area (Å²) in [7, 11) is 1.66. The molecule has 2 aromatic rings. The molecule has 1 aromatic carbocycles. The van der Waals surface area contributed by atoms with Gasteiger partial charge in [0.2, 0.25) is 0 Å². The highest BCUT2D eigenvalue weighted by Gasteiger charge is 2.30. The number of anilines is 1. The number of hydrogen-bond donors (Lipinski definition) is 1. The third-order valence-electron chi connectivity index (χ3n) is 5.02. The molecule has 0 bridgehead atoms. The molecule has 2 heterocycles. The van der Waals surface area contributed by atoms with Crippen molar-refractivity contribution in [2.45, 2.75) is 38.9 Å². The predicted molar refractivity (Wildman–Crippen MR) is 90.6 cm³/mol. The zero-order valence-corrected chi connectivity index (χ0v) is 13.8. The molecule has 0 radical (unpaired) electrons. The van der Waals surface area contributed by atoms with Gasteiger partial charge in [-0.3, -0.25) is 0 Å². The molecule has 5 nitrogen and oxygen atoms in total. The monoisotopic (exact) mass is 321 g/mol. The Morgan fingerprint density at radius 2 is 2.08 bits per heavy atom. The van der Waals surface area contributed by atoms with Gasteiger partial charge < -0.3 is 15.2 Å². The van der Waals surface area contributed by atoms with Gasteiger partial charge in [-0.1, -0.05) is 0 Å². The van der Waals surface area contributed by atoms with Crippen molar-refractivity contribution in [1.82, 2.24) is 4.98 Å². The molecule has 1 aliphatic heterocycles. The number of nitrogen functional groups attached to an aromatic ring is 1. The number of pyridine rings is 1. The highest BCUT2D eigenvalue weighted by Crippen LogP contribution is 2.44. The predicted octanol–water partition coefficient (Wildman–Crippen LogP) is 3.29. The van der Waals surface area contributed by atoms with Crippen LogP contribution >= 0.6 is 0 Å². The molecule has 0 saturated heterocycles. The minimum atomic E-state index is -0.116. The summed E-state index contributed by atoms with van der Waals surface area (Å²) in [6.07, 6.45) is 3.18. The van der Waals surface area contributed by atoms with Crippen molar-refractivity contribution in [1.29, 1.82) is 5.26 Å². The summed E-state index contributed by atoms with van der Waals surface area (Å²) in [5.74, 6) is 1.03. The highest BCUT2D eigenvalue weighted by atomic mass is 16.5. The van der Waals surface area contributed by atoms with Gasteiger partial charge in [-0.2, -0.15) is 5.26 Å². The van der Waals surface area contributed by atoms with Crippen LogP contribution < -0.4 is 10.5 Å². The van der Waals surface area contributed by atoms with E-state index < -0.39 is 0 Å². The number of nitrogens with two attached hydrogens (primary N) is 1. The van der Waals surface area contributed by atoms with Crippen molar-refractivity contribution in [2.24, 2.45) is 0 Å². The number of nitriles is 1. The first-order valence-corrected chi connectivity index (χ1v) is 8.18. The number of nitrogens with zero attached hydrogens (tertiary/aromatic N) is 2. The first kappa shape index (κ1) is 15.0. The van der Waals surface area contributed by atoms with Gasteiger partial charge in [0, 0.05) is 16.7 Å². The van der Waals surface area contributed by atoms with Gasteiger partial charge in [0.25, 0.3) is 0 Å². The van der Waals surface area contributed by atoms with Crippen LogP contribution in [0.4, 0.5) is 5.82 Å². The lowest BCUT2D eigenvalue weighted by Gasteiger charge is -2.17. The van der Waals surface area contributed by atoms with E-state index in [9.17, 15) is 5.26 Å². The molecule has 4 rings (SSSR count). The second-order valence-corrected chi connectivity index (χ2v) is 6.35. The zero-order valence-electron chi connectivity index (χ0n) is 13.8. The van der Waals surface area contributed by atoms with Crippen LogP contribution in [0, 0.1) is 11.3 Å². The fourth-order valence-electron chi connectivity index (χ4n) is 3.81. The van der Waals surface area contributed by atoms with E-state index in [1.165, 1.54) is 11.1 Å². The minimum absolute atomic E-state index is 0.116. The Kier molecular flexibility index (Phi) is 3.43. The Hall–Kier alpha value is -2.58. The van der Waals surface area contributed by atoms with Crippen LogP contribution in [0.15, 0.2) is 12.1 Å². The van der Waals surface area contributed by atoms with Gasteiger partial charge in [-0.25, -0.2) is 4.98 Å².